The van der Waals surface area contributed by atoms with Crippen LogP contribution in [-0.4, -0.2) is 24.9 Å². The van der Waals surface area contributed by atoms with Crippen LogP contribution in [0.4, 0.5) is 0 Å². The van der Waals surface area contributed by atoms with Crippen LogP contribution in [0.5, 0.6) is 0 Å². The van der Waals surface area contributed by atoms with E-state index in [1.54, 1.807) is 6.20 Å². The SMILES string of the molecule is CC(N)c1cnc(CC2CCCS(=O)(=O)C2)o1. The van der Waals surface area contributed by atoms with E-state index < -0.39 is 9.84 Å². The van der Waals surface area contributed by atoms with Crippen LogP contribution >= 0.6 is 0 Å². The molecule has 0 aromatic carbocycles. The standard InChI is InChI=1S/C11H18N2O3S/c1-8(12)10-6-13-11(16-10)5-9-3-2-4-17(14,15)7-9/h6,8-9H,2-5,7,12H2,1H3. The fourth-order valence-electron chi connectivity index (χ4n) is 2.15. The van der Waals surface area contributed by atoms with E-state index in [1.165, 1.54) is 0 Å². The first-order valence-electron chi connectivity index (χ1n) is 5.87. The molecule has 6 heteroatoms. The first kappa shape index (κ1) is 12.6. The quantitative estimate of drug-likeness (QED) is 0.876. The molecule has 5 nitrogen and oxygen atoms in total. The second-order valence-electron chi connectivity index (χ2n) is 4.77. The summed E-state index contributed by atoms with van der Waals surface area (Å²) in [6, 6.07) is -0.175. The molecular weight excluding hydrogens is 240 g/mol. The summed E-state index contributed by atoms with van der Waals surface area (Å²) < 4.78 is 28.5. The Labute approximate surface area is 101 Å². The molecule has 2 atom stereocenters. The van der Waals surface area contributed by atoms with Crippen molar-refractivity contribution in [2.45, 2.75) is 32.2 Å². The van der Waals surface area contributed by atoms with Crippen LogP contribution in [0.15, 0.2) is 10.6 Å². The maximum Gasteiger partial charge on any atom is 0.194 e. The Morgan fingerprint density at radius 3 is 3.00 bits per heavy atom. The van der Waals surface area contributed by atoms with Gasteiger partial charge in [-0.25, -0.2) is 13.4 Å². The minimum atomic E-state index is -2.86. The van der Waals surface area contributed by atoms with Crippen molar-refractivity contribution in [3.8, 4) is 0 Å². The van der Waals surface area contributed by atoms with Crippen LogP contribution in [-0.2, 0) is 16.3 Å². The van der Waals surface area contributed by atoms with E-state index >= 15 is 0 Å². The lowest BCUT2D eigenvalue weighted by Gasteiger charge is -2.20. The monoisotopic (exact) mass is 258 g/mol. The molecule has 0 amide bonds. The fraction of sp³-hybridized carbons (Fsp3) is 0.727. The Kier molecular flexibility index (Phi) is 3.53. The number of aromatic nitrogens is 1. The third-order valence-electron chi connectivity index (χ3n) is 3.04. The molecule has 1 aromatic heterocycles. The highest BCUT2D eigenvalue weighted by atomic mass is 32.2. The number of sulfone groups is 1. The molecule has 2 heterocycles. The average Bonchev–Trinajstić information content (AvgIpc) is 2.64. The first-order chi connectivity index (χ1) is 7.96. The van der Waals surface area contributed by atoms with Gasteiger partial charge in [0.15, 0.2) is 15.7 Å². The number of nitrogens with zero attached hydrogens (tertiary/aromatic N) is 1. The summed E-state index contributed by atoms with van der Waals surface area (Å²) in [4.78, 5) is 4.14. The van der Waals surface area contributed by atoms with Crippen molar-refractivity contribution in [1.29, 1.82) is 0 Å². The molecule has 0 spiro atoms. The summed E-state index contributed by atoms with van der Waals surface area (Å²) in [6.45, 7) is 1.83. The molecule has 0 bridgehead atoms. The lowest BCUT2D eigenvalue weighted by atomic mass is 10.0. The maximum absolute atomic E-state index is 11.5. The van der Waals surface area contributed by atoms with Gasteiger partial charge in [0.25, 0.3) is 0 Å². The molecule has 1 fully saturated rings. The number of oxazole rings is 1. The minimum Gasteiger partial charge on any atom is -0.444 e. The summed E-state index contributed by atoms with van der Waals surface area (Å²) in [5.74, 6) is 1.95. The number of hydrogen-bond donors (Lipinski definition) is 1. The normalized spacial score (nSPS) is 25.6. The van der Waals surface area contributed by atoms with E-state index in [4.69, 9.17) is 10.2 Å². The van der Waals surface area contributed by atoms with Gasteiger partial charge in [-0.15, -0.1) is 0 Å². The van der Waals surface area contributed by atoms with Gasteiger partial charge in [0.2, 0.25) is 0 Å². The number of nitrogens with two attached hydrogens (primary N) is 1. The van der Waals surface area contributed by atoms with Gasteiger partial charge in [0.05, 0.1) is 23.7 Å². The first-order valence-corrected chi connectivity index (χ1v) is 7.69. The summed E-state index contributed by atoms with van der Waals surface area (Å²) in [7, 11) is -2.86. The fourth-order valence-corrected chi connectivity index (χ4v) is 3.93. The summed E-state index contributed by atoms with van der Waals surface area (Å²) in [5.41, 5.74) is 5.67. The second-order valence-corrected chi connectivity index (χ2v) is 7.00. The van der Waals surface area contributed by atoms with Gasteiger partial charge < -0.3 is 10.2 Å². The third kappa shape index (κ3) is 3.29. The molecule has 1 aromatic rings. The molecule has 0 aliphatic carbocycles. The number of rotatable bonds is 3. The van der Waals surface area contributed by atoms with Gasteiger partial charge in [-0.1, -0.05) is 0 Å². The zero-order valence-electron chi connectivity index (χ0n) is 9.93. The lowest BCUT2D eigenvalue weighted by molar-refractivity contribution is 0.389. The Morgan fingerprint density at radius 1 is 1.65 bits per heavy atom. The smallest absolute Gasteiger partial charge is 0.194 e. The average molecular weight is 258 g/mol. The Hall–Kier alpha value is -0.880. The molecule has 0 saturated carbocycles. The van der Waals surface area contributed by atoms with Crippen LogP contribution in [0.2, 0.25) is 0 Å². The third-order valence-corrected chi connectivity index (χ3v) is 4.93. The second kappa shape index (κ2) is 4.78. The van der Waals surface area contributed by atoms with Crippen LogP contribution in [0.25, 0.3) is 0 Å². The number of hydrogen-bond acceptors (Lipinski definition) is 5. The predicted octanol–water partition coefficient (Wildman–Crippen LogP) is 1.06. The van der Waals surface area contributed by atoms with Crippen LogP contribution < -0.4 is 5.73 Å². The molecule has 1 aliphatic rings. The Bertz CT molecular complexity index is 479. The lowest BCUT2D eigenvalue weighted by Crippen LogP contribution is -2.26. The van der Waals surface area contributed by atoms with E-state index in [9.17, 15) is 8.42 Å². The minimum absolute atomic E-state index is 0.133. The zero-order chi connectivity index (χ0) is 12.5. The van der Waals surface area contributed by atoms with Crippen LogP contribution in [0.3, 0.4) is 0 Å². The van der Waals surface area contributed by atoms with Crippen LogP contribution in [0.1, 0.15) is 37.5 Å². The van der Waals surface area contributed by atoms with E-state index in [-0.39, 0.29) is 17.7 Å². The van der Waals surface area contributed by atoms with Crippen molar-refractivity contribution >= 4 is 9.84 Å². The molecule has 1 aliphatic heterocycles. The predicted molar refractivity (Wildman–Crippen MR) is 64.2 cm³/mol. The topological polar surface area (TPSA) is 86.2 Å². The maximum atomic E-state index is 11.5. The zero-order valence-corrected chi connectivity index (χ0v) is 10.7. The summed E-state index contributed by atoms with van der Waals surface area (Å²) >= 11 is 0. The van der Waals surface area contributed by atoms with Crippen molar-refractivity contribution < 1.29 is 12.8 Å². The molecular formula is C11H18N2O3S. The Morgan fingerprint density at radius 2 is 2.41 bits per heavy atom. The van der Waals surface area contributed by atoms with Gasteiger partial charge in [0.1, 0.15) is 5.76 Å². The van der Waals surface area contributed by atoms with Gasteiger partial charge in [-0.2, -0.15) is 0 Å². The molecule has 2 unspecified atom stereocenters. The van der Waals surface area contributed by atoms with Gasteiger partial charge in [0, 0.05) is 6.42 Å². The molecule has 2 rings (SSSR count). The van der Waals surface area contributed by atoms with E-state index in [0.29, 0.717) is 23.8 Å². The van der Waals surface area contributed by atoms with Crippen molar-refractivity contribution in [3.63, 3.8) is 0 Å². The van der Waals surface area contributed by atoms with Crippen molar-refractivity contribution in [1.82, 2.24) is 4.98 Å². The van der Waals surface area contributed by atoms with Gasteiger partial charge >= 0.3 is 0 Å². The van der Waals surface area contributed by atoms with Gasteiger partial charge in [-0.3, -0.25) is 0 Å². The van der Waals surface area contributed by atoms with Crippen molar-refractivity contribution in [3.05, 3.63) is 17.8 Å². The molecule has 1 saturated heterocycles. The van der Waals surface area contributed by atoms with E-state index in [1.807, 2.05) is 6.92 Å². The summed E-state index contributed by atoms with van der Waals surface area (Å²) in [5, 5.41) is 0. The molecule has 17 heavy (non-hydrogen) atoms. The molecule has 2 N–H and O–H groups in total. The van der Waals surface area contributed by atoms with Crippen molar-refractivity contribution in [2.75, 3.05) is 11.5 Å². The van der Waals surface area contributed by atoms with Gasteiger partial charge in [-0.05, 0) is 25.7 Å². The molecule has 0 radical (unpaired) electrons. The highest BCUT2D eigenvalue weighted by molar-refractivity contribution is 7.91. The largest absolute Gasteiger partial charge is 0.444 e. The highest BCUT2D eigenvalue weighted by Gasteiger charge is 2.26. The van der Waals surface area contributed by atoms with Crippen LogP contribution in [0, 0.1) is 5.92 Å². The Balaban J connectivity index is 2.00. The van der Waals surface area contributed by atoms with Crippen molar-refractivity contribution in [2.24, 2.45) is 11.7 Å². The summed E-state index contributed by atoms with van der Waals surface area (Å²) in [6.07, 6.45) is 3.88. The van der Waals surface area contributed by atoms with E-state index in [2.05, 4.69) is 4.98 Å². The van der Waals surface area contributed by atoms with E-state index in [0.717, 1.165) is 12.8 Å². The highest BCUT2D eigenvalue weighted by Crippen LogP contribution is 2.23. The molecule has 96 valence electrons.